The van der Waals surface area contributed by atoms with E-state index in [4.69, 9.17) is 0 Å². The van der Waals surface area contributed by atoms with Crippen LogP contribution in [-0.4, -0.2) is 24.8 Å². The van der Waals surface area contributed by atoms with Crippen LogP contribution in [0.1, 0.15) is 0 Å². The van der Waals surface area contributed by atoms with E-state index in [1.807, 2.05) is 30.3 Å². The maximum atomic E-state index is 12.7. The summed E-state index contributed by atoms with van der Waals surface area (Å²) < 4.78 is 6.91. The van der Waals surface area contributed by atoms with Crippen LogP contribution in [0.25, 0.3) is 21.6 Å². The third-order valence-corrected chi connectivity index (χ3v) is 5.15. The summed E-state index contributed by atoms with van der Waals surface area (Å²) in [5.41, 5.74) is 2.07. The zero-order chi connectivity index (χ0) is 18.8. The van der Waals surface area contributed by atoms with Gasteiger partial charge in [0.25, 0.3) is 5.56 Å². The molecule has 0 saturated carbocycles. The van der Waals surface area contributed by atoms with Crippen molar-refractivity contribution in [3.8, 4) is 11.4 Å². The molecule has 27 heavy (non-hydrogen) atoms. The Labute approximate surface area is 166 Å². The van der Waals surface area contributed by atoms with E-state index in [-0.39, 0.29) is 18.0 Å². The Kier molecular flexibility index (Phi) is 4.78. The number of nitrogens with one attached hydrogen (secondary N) is 1. The molecule has 1 aromatic carbocycles. The highest BCUT2D eigenvalue weighted by atomic mass is 79.9. The second-order valence-electron chi connectivity index (χ2n) is 5.66. The van der Waals surface area contributed by atoms with Gasteiger partial charge in [-0.3, -0.25) is 19.1 Å². The smallest absolute Gasteiger partial charge is 0.273 e. The van der Waals surface area contributed by atoms with Gasteiger partial charge in [0.1, 0.15) is 22.5 Å². The van der Waals surface area contributed by atoms with Gasteiger partial charge in [0.05, 0.1) is 12.0 Å². The fourth-order valence-corrected chi connectivity index (χ4v) is 3.59. The van der Waals surface area contributed by atoms with Gasteiger partial charge in [-0.1, -0.05) is 22.0 Å². The summed E-state index contributed by atoms with van der Waals surface area (Å²) in [7, 11) is 0. The summed E-state index contributed by atoms with van der Waals surface area (Å²) >= 11 is 4.40. The molecule has 0 saturated heterocycles. The van der Waals surface area contributed by atoms with Gasteiger partial charge >= 0.3 is 0 Å². The van der Waals surface area contributed by atoms with Crippen molar-refractivity contribution in [1.82, 2.24) is 18.9 Å². The lowest BCUT2D eigenvalue weighted by atomic mass is 10.2. The van der Waals surface area contributed by atoms with Crippen molar-refractivity contribution in [3.05, 3.63) is 69.8 Å². The maximum Gasteiger partial charge on any atom is 0.273 e. The number of benzene rings is 1. The molecule has 0 bridgehead atoms. The number of fused-ring (bicyclic) bond motifs is 1. The van der Waals surface area contributed by atoms with E-state index < -0.39 is 0 Å². The Balaban J connectivity index is 1.60. The second-order valence-corrected chi connectivity index (χ2v) is 7.35. The SMILES string of the molecule is O=C(Cn1cnc2c(-c3ccccn3)nsc2c1=O)Nc1ccc(Br)cc1. The number of anilines is 1. The zero-order valence-corrected chi connectivity index (χ0v) is 16.2. The first kappa shape index (κ1) is 17.5. The first-order valence-corrected chi connectivity index (χ1v) is 9.50. The van der Waals surface area contributed by atoms with Crippen molar-refractivity contribution in [3.63, 3.8) is 0 Å². The zero-order valence-electron chi connectivity index (χ0n) is 13.8. The Bertz CT molecular complexity index is 1170. The van der Waals surface area contributed by atoms with Gasteiger partial charge in [0.15, 0.2) is 0 Å². The lowest BCUT2D eigenvalue weighted by Gasteiger charge is -2.07. The summed E-state index contributed by atoms with van der Waals surface area (Å²) in [5, 5.41) is 2.75. The summed E-state index contributed by atoms with van der Waals surface area (Å²) in [6.45, 7) is -0.130. The molecule has 134 valence electrons. The molecule has 3 heterocycles. The highest BCUT2D eigenvalue weighted by Crippen LogP contribution is 2.25. The summed E-state index contributed by atoms with van der Waals surface area (Å²) in [6.07, 6.45) is 3.03. The monoisotopic (exact) mass is 441 g/mol. The van der Waals surface area contributed by atoms with Crippen LogP contribution in [0.15, 0.2) is 64.3 Å². The molecule has 7 nitrogen and oxygen atoms in total. The number of aromatic nitrogens is 4. The van der Waals surface area contributed by atoms with Crippen molar-refractivity contribution < 1.29 is 4.79 Å². The summed E-state index contributed by atoms with van der Waals surface area (Å²) in [4.78, 5) is 33.5. The predicted octanol–water partition coefficient (Wildman–Crippen LogP) is 3.32. The van der Waals surface area contributed by atoms with Gasteiger partial charge in [-0.25, -0.2) is 4.98 Å². The molecule has 4 rings (SSSR count). The number of carbonyl (C=O) groups is 1. The van der Waals surface area contributed by atoms with Gasteiger partial charge in [-0.2, -0.15) is 4.37 Å². The van der Waals surface area contributed by atoms with E-state index in [1.54, 1.807) is 18.3 Å². The van der Waals surface area contributed by atoms with Gasteiger partial charge in [0.2, 0.25) is 5.91 Å². The van der Waals surface area contributed by atoms with Crippen molar-refractivity contribution in [2.24, 2.45) is 0 Å². The van der Waals surface area contributed by atoms with Crippen molar-refractivity contribution >= 4 is 49.3 Å². The fourth-order valence-electron chi connectivity index (χ4n) is 2.53. The van der Waals surface area contributed by atoms with E-state index in [1.165, 1.54) is 10.9 Å². The number of amides is 1. The largest absolute Gasteiger partial charge is 0.325 e. The molecule has 1 N–H and O–H groups in total. The molecule has 0 unspecified atom stereocenters. The molecular weight excluding hydrogens is 430 g/mol. The van der Waals surface area contributed by atoms with Crippen LogP contribution in [0.3, 0.4) is 0 Å². The van der Waals surface area contributed by atoms with Crippen LogP contribution in [0.2, 0.25) is 0 Å². The third kappa shape index (κ3) is 3.64. The van der Waals surface area contributed by atoms with Crippen LogP contribution in [0.4, 0.5) is 5.69 Å². The molecule has 0 aliphatic heterocycles. The molecule has 4 aromatic rings. The lowest BCUT2D eigenvalue weighted by molar-refractivity contribution is -0.116. The molecule has 0 atom stereocenters. The van der Waals surface area contributed by atoms with Crippen LogP contribution in [-0.2, 0) is 11.3 Å². The van der Waals surface area contributed by atoms with Gasteiger partial charge in [0, 0.05) is 16.4 Å². The minimum absolute atomic E-state index is 0.130. The molecule has 0 spiro atoms. The molecule has 0 fully saturated rings. The quantitative estimate of drug-likeness (QED) is 0.524. The maximum absolute atomic E-state index is 12.7. The number of hydrogen-bond acceptors (Lipinski definition) is 6. The molecule has 0 aliphatic carbocycles. The van der Waals surface area contributed by atoms with Gasteiger partial charge in [-0.05, 0) is 47.9 Å². The topological polar surface area (TPSA) is 89.8 Å². The fraction of sp³-hybridized carbons (Fsp3) is 0.0556. The van der Waals surface area contributed by atoms with Crippen LogP contribution >= 0.6 is 27.5 Å². The van der Waals surface area contributed by atoms with Crippen molar-refractivity contribution in [1.29, 1.82) is 0 Å². The number of carbonyl (C=O) groups excluding carboxylic acids is 1. The van der Waals surface area contributed by atoms with E-state index in [2.05, 4.69) is 35.6 Å². The van der Waals surface area contributed by atoms with E-state index >= 15 is 0 Å². The standard InChI is InChI=1S/C18H12BrN5O2S/c19-11-4-6-12(7-5-11)22-14(25)9-24-10-21-16-15(13-3-1-2-8-20-13)23-27-17(16)18(24)26/h1-8,10H,9H2,(H,22,25). The third-order valence-electron chi connectivity index (χ3n) is 3.80. The molecule has 9 heteroatoms. The molecule has 3 aromatic heterocycles. The minimum Gasteiger partial charge on any atom is -0.325 e. The highest BCUT2D eigenvalue weighted by Gasteiger charge is 2.16. The number of halogens is 1. The Morgan fingerprint density at radius 1 is 1.15 bits per heavy atom. The van der Waals surface area contributed by atoms with Crippen LogP contribution < -0.4 is 10.9 Å². The second kappa shape index (κ2) is 7.37. The van der Waals surface area contributed by atoms with Gasteiger partial charge < -0.3 is 5.32 Å². The number of nitrogens with zero attached hydrogens (tertiary/aromatic N) is 4. The molecular formula is C18H12BrN5O2S. The van der Waals surface area contributed by atoms with E-state index in [0.29, 0.717) is 27.3 Å². The Morgan fingerprint density at radius 3 is 2.70 bits per heavy atom. The average Bonchev–Trinajstić information content (AvgIpc) is 3.11. The number of hydrogen-bond donors (Lipinski definition) is 1. The Hall–Kier alpha value is -2.91. The number of rotatable bonds is 4. The summed E-state index contributed by atoms with van der Waals surface area (Å²) in [5.74, 6) is -0.310. The first-order valence-electron chi connectivity index (χ1n) is 7.93. The normalized spacial score (nSPS) is 10.9. The Morgan fingerprint density at radius 2 is 1.96 bits per heavy atom. The summed E-state index contributed by atoms with van der Waals surface area (Å²) in [6, 6.07) is 12.7. The predicted molar refractivity (Wildman–Crippen MR) is 108 cm³/mol. The van der Waals surface area contributed by atoms with Gasteiger partial charge in [-0.15, -0.1) is 0 Å². The first-order chi connectivity index (χ1) is 13.1. The molecule has 0 aliphatic rings. The molecule has 1 amide bonds. The molecule has 0 radical (unpaired) electrons. The van der Waals surface area contributed by atoms with Crippen LogP contribution in [0, 0.1) is 0 Å². The highest BCUT2D eigenvalue weighted by molar-refractivity contribution is 9.10. The lowest BCUT2D eigenvalue weighted by Crippen LogP contribution is -2.27. The average molecular weight is 442 g/mol. The van der Waals surface area contributed by atoms with E-state index in [9.17, 15) is 9.59 Å². The van der Waals surface area contributed by atoms with Crippen LogP contribution in [0.5, 0.6) is 0 Å². The number of pyridine rings is 1. The van der Waals surface area contributed by atoms with Crippen molar-refractivity contribution in [2.75, 3.05) is 5.32 Å². The minimum atomic E-state index is -0.310. The van der Waals surface area contributed by atoms with E-state index in [0.717, 1.165) is 16.0 Å². The van der Waals surface area contributed by atoms with Crippen molar-refractivity contribution in [2.45, 2.75) is 6.54 Å².